The average Bonchev–Trinajstić information content (AvgIpc) is 2.83. The van der Waals surface area contributed by atoms with Gasteiger partial charge in [-0.1, -0.05) is 19.9 Å². The summed E-state index contributed by atoms with van der Waals surface area (Å²) in [7, 11) is 0. The van der Waals surface area contributed by atoms with E-state index < -0.39 is 6.10 Å². The molecule has 0 unspecified atom stereocenters. The molecule has 1 N–H and O–H groups in total. The van der Waals surface area contributed by atoms with E-state index in [1.807, 2.05) is 18.2 Å². The number of aliphatic hydroxyl groups excluding tert-OH is 1. The number of likely N-dealkylation sites (tertiary alicyclic amines) is 1. The Morgan fingerprint density at radius 3 is 2.58 bits per heavy atom. The maximum Gasteiger partial charge on any atom is 0.223 e. The van der Waals surface area contributed by atoms with E-state index in [4.69, 9.17) is 0 Å². The number of carbonyl (C=O) groups excluding carboxylic acids is 1. The highest BCUT2D eigenvalue weighted by molar-refractivity contribution is 5.79. The van der Waals surface area contributed by atoms with Crippen molar-refractivity contribution in [1.82, 2.24) is 9.88 Å². The fraction of sp³-hybridized carbons (Fsp3) is 0.684. The first-order valence-corrected chi connectivity index (χ1v) is 9.06. The topological polar surface area (TPSA) is 56.7 Å². The molecule has 2 aliphatic heterocycles. The van der Waals surface area contributed by atoms with Crippen molar-refractivity contribution in [3.8, 4) is 0 Å². The Labute approximate surface area is 144 Å². The lowest BCUT2D eigenvalue weighted by molar-refractivity contribution is -0.128. The van der Waals surface area contributed by atoms with Gasteiger partial charge in [0.2, 0.25) is 5.91 Å². The standard InChI is InChI=1S/C19H29N3O2/c1-14(2)12-22-13-19(11-18(22)24)7-9-21(10-8-19)17-6-4-5-16(20-17)15(3)23/h4-6,14-15,23H,7-13H2,1-3H3/t15-/m1/s1. The molecule has 5 heteroatoms. The number of hydrogen-bond donors (Lipinski definition) is 1. The highest BCUT2D eigenvalue weighted by Crippen LogP contribution is 2.41. The van der Waals surface area contributed by atoms with Gasteiger partial charge in [0, 0.05) is 38.0 Å². The molecule has 0 aromatic carbocycles. The van der Waals surface area contributed by atoms with Crippen LogP contribution in [0, 0.1) is 11.3 Å². The number of hydrogen-bond acceptors (Lipinski definition) is 4. The van der Waals surface area contributed by atoms with Crippen LogP contribution in [0.4, 0.5) is 5.82 Å². The average molecular weight is 331 g/mol. The van der Waals surface area contributed by atoms with Crippen LogP contribution in [0.25, 0.3) is 0 Å². The smallest absolute Gasteiger partial charge is 0.223 e. The van der Waals surface area contributed by atoms with Crippen molar-refractivity contribution in [2.24, 2.45) is 11.3 Å². The Hall–Kier alpha value is -1.62. The number of anilines is 1. The third-order valence-electron chi connectivity index (χ3n) is 5.32. The predicted octanol–water partition coefficient (Wildman–Crippen LogP) is 2.61. The summed E-state index contributed by atoms with van der Waals surface area (Å²) in [6, 6.07) is 5.83. The van der Waals surface area contributed by atoms with E-state index >= 15 is 0 Å². The van der Waals surface area contributed by atoms with Crippen LogP contribution in [0.1, 0.15) is 51.8 Å². The number of nitrogens with zero attached hydrogens (tertiary/aromatic N) is 3. The van der Waals surface area contributed by atoms with Gasteiger partial charge in [0.05, 0.1) is 11.8 Å². The summed E-state index contributed by atoms with van der Waals surface area (Å²) in [6.07, 6.45) is 2.23. The predicted molar refractivity (Wildman–Crippen MR) is 94.8 cm³/mol. The molecule has 1 aromatic rings. The summed E-state index contributed by atoms with van der Waals surface area (Å²) >= 11 is 0. The molecule has 24 heavy (non-hydrogen) atoms. The zero-order valence-electron chi connectivity index (χ0n) is 15.0. The van der Waals surface area contributed by atoms with Crippen molar-refractivity contribution in [1.29, 1.82) is 0 Å². The van der Waals surface area contributed by atoms with E-state index in [1.165, 1.54) is 0 Å². The summed E-state index contributed by atoms with van der Waals surface area (Å²) in [5, 5.41) is 9.72. The second kappa shape index (κ2) is 6.71. The number of piperidine rings is 1. The highest BCUT2D eigenvalue weighted by Gasteiger charge is 2.44. The molecule has 3 rings (SSSR count). The van der Waals surface area contributed by atoms with Gasteiger partial charge in [-0.2, -0.15) is 0 Å². The van der Waals surface area contributed by atoms with E-state index in [0.717, 1.165) is 44.8 Å². The maximum absolute atomic E-state index is 12.3. The number of carbonyl (C=O) groups is 1. The summed E-state index contributed by atoms with van der Waals surface area (Å²) < 4.78 is 0. The van der Waals surface area contributed by atoms with Gasteiger partial charge in [0.1, 0.15) is 5.82 Å². The lowest BCUT2D eigenvalue weighted by atomic mass is 9.77. The number of amides is 1. The first-order valence-electron chi connectivity index (χ1n) is 9.06. The molecule has 1 spiro atoms. The Morgan fingerprint density at radius 1 is 1.25 bits per heavy atom. The summed E-state index contributed by atoms with van der Waals surface area (Å²) in [4.78, 5) is 21.3. The van der Waals surface area contributed by atoms with Crippen LogP contribution in [0.2, 0.25) is 0 Å². The van der Waals surface area contributed by atoms with Crippen molar-refractivity contribution in [3.05, 3.63) is 23.9 Å². The monoisotopic (exact) mass is 331 g/mol. The second-order valence-electron chi connectivity index (χ2n) is 7.93. The molecule has 0 aliphatic carbocycles. The molecule has 5 nitrogen and oxygen atoms in total. The normalized spacial score (nSPS) is 21.8. The van der Waals surface area contributed by atoms with Gasteiger partial charge < -0.3 is 14.9 Å². The van der Waals surface area contributed by atoms with Crippen molar-refractivity contribution in [2.45, 2.75) is 46.1 Å². The Morgan fingerprint density at radius 2 is 1.96 bits per heavy atom. The molecule has 132 valence electrons. The second-order valence-corrected chi connectivity index (χ2v) is 7.93. The zero-order valence-corrected chi connectivity index (χ0v) is 15.0. The molecular formula is C19H29N3O2. The lowest BCUT2D eigenvalue weighted by Crippen LogP contribution is -2.42. The van der Waals surface area contributed by atoms with Crippen LogP contribution in [0.3, 0.4) is 0 Å². The molecule has 2 saturated heterocycles. The minimum atomic E-state index is -0.543. The maximum atomic E-state index is 12.3. The molecule has 0 bridgehead atoms. The zero-order chi connectivity index (χ0) is 17.3. The molecule has 0 saturated carbocycles. The third-order valence-corrected chi connectivity index (χ3v) is 5.32. The number of aromatic nitrogens is 1. The van der Waals surface area contributed by atoms with E-state index in [-0.39, 0.29) is 5.41 Å². The molecular weight excluding hydrogens is 302 g/mol. The fourth-order valence-corrected chi connectivity index (χ4v) is 3.98. The van der Waals surface area contributed by atoms with Gasteiger partial charge in [0.25, 0.3) is 0 Å². The van der Waals surface area contributed by atoms with Gasteiger partial charge in [-0.3, -0.25) is 4.79 Å². The number of pyridine rings is 1. The molecule has 3 heterocycles. The Balaban J connectivity index is 1.64. The van der Waals surface area contributed by atoms with Crippen LogP contribution < -0.4 is 4.90 Å². The van der Waals surface area contributed by atoms with Crippen molar-refractivity contribution in [2.75, 3.05) is 31.1 Å². The molecule has 2 aliphatic rings. The van der Waals surface area contributed by atoms with Gasteiger partial charge in [-0.25, -0.2) is 4.98 Å². The van der Waals surface area contributed by atoms with E-state index in [0.29, 0.717) is 23.9 Å². The van der Waals surface area contributed by atoms with E-state index in [2.05, 4.69) is 28.6 Å². The number of aliphatic hydroxyl groups is 1. The van der Waals surface area contributed by atoms with Crippen molar-refractivity contribution >= 4 is 11.7 Å². The van der Waals surface area contributed by atoms with E-state index in [1.54, 1.807) is 6.92 Å². The van der Waals surface area contributed by atoms with Crippen LogP contribution in [0.5, 0.6) is 0 Å². The molecule has 0 radical (unpaired) electrons. The van der Waals surface area contributed by atoms with Crippen LogP contribution >= 0.6 is 0 Å². The van der Waals surface area contributed by atoms with Gasteiger partial charge in [0.15, 0.2) is 0 Å². The van der Waals surface area contributed by atoms with Gasteiger partial charge >= 0.3 is 0 Å². The Bertz CT molecular complexity index is 592. The van der Waals surface area contributed by atoms with Crippen molar-refractivity contribution in [3.63, 3.8) is 0 Å². The lowest BCUT2D eigenvalue weighted by Gasteiger charge is -2.39. The van der Waals surface area contributed by atoms with E-state index in [9.17, 15) is 9.90 Å². The van der Waals surface area contributed by atoms with Crippen LogP contribution in [-0.2, 0) is 4.79 Å². The van der Waals surface area contributed by atoms with Gasteiger partial charge in [-0.15, -0.1) is 0 Å². The minimum absolute atomic E-state index is 0.157. The van der Waals surface area contributed by atoms with Crippen molar-refractivity contribution < 1.29 is 9.90 Å². The summed E-state index contributed by atoms with van der Waals surface area (Å²) in [5.74, 6) is 1.79. The quantitative estimate of drug-likeness (QED) is 0.921. The first kappa shape index (κ1) is 17.2. The Kier molecular flexibility index (Phi) is 4.81. The first-order chi connectivity index (χ1) is 11.4. The SMILES string of the molecule is CC(C)CN1CC2(CCN(c3cccc([C@@H](C)O)n3)CC2)CC1=O. The minimum Gasteiger partial charge on any atom is -0.387 e. The molecule has 2 fully saturated rings. The van der Waals surface area contributed by atoms with Gasteiger partial charge in [-0.05, 0) is 37.8 Å². The summed E-state index contributed by atoms with van der Waals surface area (Å²) in [6.45, 7) is 9.73. The highest BCUT2D eigenvalue weighted by atomic mass is 16.3. The molecule has 1 amide bonds. The fourth-order valence-electron chi connectivity index (χ4n) is 3.98. The molecule has 1 atom stereocenters. The molecule has 1 aromatic heterocycles. The number of rotatable bonds is 4. The van der Waals surface area contributed by atoms with Crippen LogP contribution in [-0.4, -0.2) is 47.1 Å². The summed E-state index contributed by atoms with van der Waals surface area (Å²) in [5.41, 5.74) is 0.872. The van der Waals surface area contributed by atoms with Crippen LogP contribution in [0.15, 0.2) is 18.2 Å². The largest absolute Gasteiger partial charge is 0.387 e. The third kappa shape index (κ3) is 3.56.